The van der Waals surface area contributed by atoms with E-state index in [1.807, 2.05) is 24.3 Å². The summed E-state index contributed by atoms with van der Waals surface area (Å²) in [4.78, 5) is 25.5. The summed E-state index contributed by atoms with van der Waals surface area (Å²) < 4.78 is 32.0. The predicted octanol–water partition coefficient (Wildman–Crippen LogP) is 2.75. The third kappa shape index (κ3) is 3.31. The minimum atomic E-state index is -1.02. The highest BCUT2D eigenvalue weighted by atomic mass is 19.1. The molecule has 0 bridgehead atoms. The van der Waals surface area contributed by atoms with Crippen LogP contribution in [0.25, 0.3) is 0 Å². The second-order valence-electron chi connectivity index (χ2n) is 5.58. The highest BCUT2D eigenvalue weighted by Crippen LogP contribution is 2.27. The Hall–Kier alpha value is -2.96. The Kier molecular flexibility index (Phi) is 4.65. The fraction of sp³-hybridized carbons (Fsp3) is 0.222. The molecule has 5 nitrogen and oxygen atoms in total. The molecule has 0 atom stereocenters. The van der Waals surface area contributed by atoms with Gasteiger partial charge in [0.1, 0.15) is 11.6 Å². The van der Waals surface area contributed by atoms with E-state index in [1.165, 1.54) is 0 Å². The lowest BCUT2D eigenvalue weighted by Crippen LogP contribution is -2.34. The Morgan fingerprint density at radius 2 is 1.96 bits per heavy atom. The maximum absolute atomic E-state index is 13.9. The first-order valence-electron chi connectivity index (χ1n) is 7.70. The first-order chi connectivity index (χ1) is 12.0. The molecule has 0 unspecified atom stereocenters. The number of fused-ring (bicyclic) bond motifs is 1. The molecule has 0 saturated carbocycles. The lowest BCUT2D eigenvalue weighted by Gasteiger charge is -2.18. The van der Waals surface area contributed by atoms with E-state index < -0.39 is 23.2 Å². The zero-order valence-electron chi connectivity index (χ0n) is 13.5. The number of methoxy groups -OCH3 is 1. The summed E-state index contributed by atoms with van der Waals surface area (Å²) in [6, 6.07) is 9.16. The van der Waals surface area contributed by atoms with Crippen molar-refractivity contribution in [2.24, 2.45) is 0 Å². The largest absolute Gasteiger partial charge is 0.465 e. The number of halogens is 2. The number of ether oxygens (including phenoxy) is 1. The summed E-state index contributed by atoms with van der Waals surface area (Å²) in [7, 11) is 1.10. The SMILES string of the molecule is COC(=O)c1cc(NCC(=O)N2CCc3ccccc32)c(F)cc1F. The minimum absolute atomic E-state index is 0.136. The van der Waals surface area contributed by atoms with Crippen LogP contribution in [0.1, 0.15) is 15.9 Å². The topological polar surface area (TPSA) is 58.6 Å². The molecule has 1 amide bonds. The summed E-state index contributed by atoms with van der Waals surface area (Å²) in [5, 5.41) is 2.63. The highest BCUT2D eigenvalue weighted by molar-refractivity contribution is 5.98. The molecule has 1 heterocycles. The van der Waals surface area contributed by atoms with Gasteiger partial charge in [-0.05, 0) is 24.1 Å². The number of nitrogens with zero attached hydrogens (tertiary/aromatic N) is 1. The van der Waals surface area contributed by atoms with Gasteiger partial charge in [-0.3, -0.25) is 4.79 Å². The van der Waals surface area contributed by atoms with E-state index in [1.54, 1.807) is 4.90 Å². The van der Waals surface area contributed by atoms with Crippen molar-refractivity contribution in [3.63, 3.8) is 0 Å². The molecule has 2 aromatic rings. The standard InChI is InChI=1S/C18H16F2N2O3/c1-25-18(24)12-8-15(14(20)9-13(12)19)21-10-17(23)22-7-6-11-4-2-3-5-16(11)22/h2-5,8-9,21H,6-7,10H2,1H3. The first-order valence-corrected chi connectivity index (χ1v) is 7.70. The average Bonchev–Trinajstić information content (AvgIpc) is 3.04. The van der Waals surface area contributed by atoms with E-state index in [-0.39, 0.29) is 18.1 Å². The zero-order chi connectivity index (χ0) is 18.0. The van der Waals surface area contributed by atoms with E-state index >= 15 is 0 Å². The summed E-state index contributed by atoms with van der Waals surface area (Å²) in [5.74, 6) is -3.07. The molecule has 130 valence electrons. The smallest absolute Gasteiger partial charge is 0.340 e. The molecular formula is C18H16F2N2O3. The number of benzene rings is 2. The van der Waals surface area contributed by atoms with Crippen molar-refractivity contribution in [2.75, 3.05) is 30.4 Å². The number of carbonyl (C=O) groups excluding carboxylic acids is 2. The molecule has 0 saturated heterocycles. The number of rotatable bonds is 4. The molecule has 1 aliphatic rings. The average molecular weight is 346 g/mol. The maximum Gasteiger partial charge on any atom is 0.340 e. The van der Waals surface area contributed by atoms with E-state index in [9.17, 15) is 18.4 Å². The van der Waals surface area contributed by atoms with Crippen LogP contribution in [0.15, 0.2) is 36.4 Å². The van der Waals surface area contributed by atoms with Crippen molar-refractivity contribution in [1.29, 1.82) is 0 Å². The van der Waals surface area contributed by atoms with Crippen LogP contribution in [0.2, 0.25) is 0 Å². The van der Waals surface area contributed by atoms with Crippen LogP contribution < -0.4 is 10.2 Å². The Morgan fingerprint density at radius 3 is 2.72 bits per heavy atom. The van der Waals surface area contributed by atoms with Gasteiger partial charge in [-0.25, -0.2) is 13.6 Å². The van der Waals surface area contributed by atoms with E-state index in [4.69, 9.17) is 0 Å². The van der Waals surface area contributed by atoms with Crippen molar-refractivity contribution in [3.8, 4) is 0 Å². The van der Waals surface area contributed by atoms with Crippen LogP contribution in [0.5, 0.6) is 0 Å². The zero-order valence-corrected chi connectivity index (χ0v) is 13.5. The van der Waals surface area contributed by atoms with Crippen molar-refractivity contribution in [2.45, 2.75) is 6.42 Å². The van der Waals surface area contributed by atoms with Crippen LogP contribution in [-0.2, 0) is 16.0 Å². The van der Waals surface area contributed by atoms with Crippen molar-refractivity contribution < 1.29 is 23.1 Å². The number of hydrogen-bond donors (Lipinski definition) is 1. The molecule has 7 heteroatoms. The van der Waals surface area contributed by atoms with Crippen LogP contribution in [-0.4, -0.2) is 32.1 Å². The molecule has 1 N–H and O–H groups in total. The van der Waals surface area contributed by atoms with Crippen LogP contribution >= 0.6 is 0 Å². The van der Waals surface area contributed by atoms with Gasteiger partial charge in [-0.2, -0.15) is 0 Å². The lowest BCUT2D eigenvalue weighted by molar-refractivity contribution is -0.116. The van der Waals surface area contributed by atoms with E-state index in [0.29, 0.717) is 12.6 Å². The number of nitrogens with one attached hydrogen (secondary N) is 1. The molecule has 3 rings (SSSR count). The second kappa shape index (κ2) is 6.88. The minimum Gasteiger partial charge on any atom is -0.465 e. The molecule has 25 heavy (non-hydrogen) atoms. The van der Waals surface area contributed by atoms with Crippen molar-refractivity contribution >= 4 is 23.3 Å². The van der Waals surface area contributed by atoms with Gasteiger partial charge in [0, 0.05) is 18.3 Å². The third-order valence-electron chi connectivity index (χ3n) is 4.08. The van der Waals surface area contributed by atoms with Gasteiger partial charge in [0.15, 0.2) is 0 Å². The number of carbonyl (C=O) groups is 2. The summed E-state index contributed by atoms with van der Waals surface area (Å²) >= 11 is 0. The Bertz CT molecular complexity index is 839. The number of para-hydroxylation sites is 1. The lowest BCUT2D eigenvalue weighted by atomic mass is 10.1. The number of hydrogen-bond acceptors (Lipinski definition) is 4. The van der Waals surface area contributed by atoms with Crippen molar-refractivity contribution in [3.05, 3.63) is 59.2 Å². The Balaban J connectivity index is 1.74. The van der Waals surface area contributed by atoms with Crippen LogP contribution in [0.3, 0.4) is 0 Å². The predicted molar refractivity (Wildman–Crippen MR) is 88.7 cm³/mol. The van der Waals surface area contributed by atoms with Gasteiger partial charge >= 0.3 is 5.97 Å². The number of anilines is 2. The van der Waals surface area contributed by atoms with Gasteiger partial charge < -0.3 is 15.0 Å². The van der Waals surface area contributed by atoms with Gasteiger partial charge in [0.25, 0.3) is 0 Å². The molecule has 2 aromatic carbocycles. The summed E-state index contributed by atoms with van der Waals surface area (Å²) in [6.45, 7) is 0.372. The van der Waals surface area contributed by atoms with Crippen LogP contribution in [0.4, 0.5) is 20.2 Å². The van der Waals surface area contributed by atoms with E-state index in [0.717, 1.165) is 30.8 Å². The number of amides is 1. The third-order valence-corrected chi connectivity index (χ3v) is 4.08. The molecule has 1 aliphatic heterocycles. The molecule has 0 radical (unpaired) electrons. The van der Waals surface area contributed by atoms with Gasteiger partial charge in [0.2, 0.25) is 5.91 Å². The van der Waals surface area contributed by atoms with Gasteiger partial charge in [-0.15, -0.1) is 0 Å². The Morgan fingerprint density at radius 1 is 1.20 bits per heavy atom. The maximum atomic E-state index is 13.9. The molecule has 0 aliphatic carbocycles. The quantitative estimate of drug-likeness (QED) is 0.865. The molecular weight excluding hydrogens is 330 g/mol. The fourth-order valence-corrected chi connectivity index (χ4v) is 2.81. The van der Waals surface area contributed by atoms with Crippen molar-refractivity contribution in [1.82, 2.24) is 0 Å². The van der Waals surface area contributed by atoms with Gasteiger partial charge in [-0.1, -0.05) is 18.2 Å². The summed E-state index contributed by atoms with van der Waals surface area (Å²) in [5.41, 5.74) is 1.38. The van der Waals surface area contributed by atoms with E-state index in [2.05, 4.69) is 10.1 Å². The summed E-state index contributed by atoms with van der Waals surface area (Å²) in [6.07, 6.45) is 0.763. The molecule has 0 spiro atoms. The molecule has 0 aromatic heterocycles. The normalized spacial score (nSPS) is 12.7. The first kappa shape index (κ1) is 16.9. The molecule has 0 fully saturated rings. The number of esters is 1. The Labute approximate surface area is 143 Å². The second-order valence-corrected chi connectivity index (χ2v) is 5.58. The highest BCUT2D eigenvalue weighted by Gasteiger charge is 2.24. The van der Waals surface area contributed by atoms with Gasteiger partial charge in [0.05, 0.1) is 24.9 Å². The monoisotopic (exact) mass is 346 g/mol. The van der Waals surface area contributed by atoms with Crippen LogP contribution in [0, 0.1) is 11.6 Å². The fourth-order valence-electron chi connectivity index (χ4n) is 2.81.